The fourth-order valence-electron chi connectivity index (χ4n) is 1.24. The first-order chi connectivity index (χ1) is 6.31. The molecule has 1 aliphatic heterocycles. The predicted molar refractivity (Wildman–Crippen MR) is 47.6 cm³/mol. The van der Waals surface area contributed by atoms with E-state index in [2.05, 4.69) is 4.37 Å². The Bertz CT molecular complexity index is 254. The van der Waals surface area contributed by atoms with Crippen LogP contribution in [0.25, 0.3) is 0 Å². The summed E-state index contributed by atoms with van der Waals surface area (Å²) in [6.45, 7) is 1.65. The minimum Gasteiger partial charge on any atom is -0.380 e. The molecule has 0 atom stereocenters. The van der Waals surface area contributed by atoms with E-state index in [0.717, 1.165) is 5.56 Å². The molecule has 1 aromatic heterocycles. The van der Waals surface area contributed by atoms with E-state index in [1.165, 1.54) is 11.5 Å². The zero-order valence-electron chi connectivity index (χ0n) is 7.10. The molecule has 1 saturated heterocycles. The van der Waals surface area contributed by atoms with Gasteiger partial charge in [-0.2, -0.15) is 0 Å². The highest BCUT2D eigenvalue weighted by Gasteiger charge is 2.32. The number of ether oxygens (including phenoxy) is 2. The second kappa shape index (κ2) is 3.71. The van der Waals surface area contributed by atoms with E-state index in [4.69, 9.17) is 9.47 Å². The average molecular weight is 201 g/mol. The lowest BCUT2D eigenvalue weighted by Crippen LogP contribution is -2.34. The smallest absolute Gasteiger partial charge is 0.138 e. The van der Waals surface area contributed by atoms with Crippen molar-refractivity contribution in [1.82, 2.24) is 4.37 Å². The quantitative estimate of drug-likeness (QED) is 0.713. The summed E-state index contributed by atoms with van der Waals surface area (Å²) in [7, 11) is 0. The summed E-state index contributed by atoms with van der Waals surface area (Å²) in [6, 6.07) is 0. The molecule has 0 aromatic carbocycles. The summed E-state index contributed by atoms with van der Waals surface area (Å²) in [5.74, 6) is 0. The van der Waals surface area contributed by atoms with Gasteiger partial charge in [0.1, 0.15) is 5.60 Å². The molecule has 2 heterocycles. The summed E-state index contributed by atoms with van der Waals surface area (Å²) in [5.41, 5.74) is -0.233. The maximum absolute atomic E-state index is 10.1. The molecule has 5 heteroatoms. The van der Waals surface area contributed by atoms with Gasteiger partial charge in [-0.05, 0) is 11.5 Å². The molecule has 1 fully saturated rings. The van der Waals surface area contributed by atoms with E-state index in [9.17, 15) is 5.11 Å². The highest BCUT2D eigenvalue weighted by molar-refractivity contribution is 7.03. The number of aliphatic hydroxyl groups is 1. The van der Waals surface area contributed by atoms with Crippen LogP contribution in [0, 0.1) is 0 Å². The molecule has 1 aliphatic rings. The van der Waals surface area contributed by atoms with Crippen molar-refractivity contribution < 1.29 is 14.6 Å². The first kappa shape index (κ1) is 9.08. The van der Waals surface area contributed by atoms with Crippen LogP contribution >= 0.6 is 11.5 Å². The number of rotatable bonds is 1. The van der Waals surface area contributed by atoms with Gasteiger partial charge in [0.25, 0.3) is 0 Å². The normalized spacial score (nSPS) is 22.5. The molecule has 0 unspecified atom stereocenters. The van der Waals surface area contributed by atoms with Crippen molar-refractivity contribution in [2.45, 2.75) is 5.60 Å². The molecule has 0 amide bonds. The molecule has 0 aliphatic carbocycles. The van der Waals surface area contributed by atoms with Crippen LogP contribution in [0.3, 0.4) is 0 Å². The zero-order chi connectivity index (χ0) is 9.15. The van der Waals surface area contributed by atoms with Crippen molar-refractivity contribution in [3.63, 3.8) is 0 Å². The van der Waals surface area contributed by atoms with E-state index >= 15 is 0 Å². The van der Waals surface area contributed by atoms with Crippen LogP contribution in [0.5, 0.6) is 0 Å². The van der Waals surface area contributed by atoms with Gasteiger partial charge in [-0.15, -0.1) is 0 Å². The first-order valence-corrected chi connectivity index (χ1v) is 4.93. The monoisotopic (exact) mass is 201 g/mol. The lowest BCUT2D eigenvalue weighted by molar-refractivity contribution is -0.0597. The zero-order valence-corrected chi connectivity index (χ0v) is 7.92. The number of aromatic nitrogens is 1. The van der Waals surface area contributed by atoms with Crippen molar-refractivity contribution >= 4 is 11.5 Å². The molecule has 0 bridgehead atoms. The summed E-state index contributed by atoms with van der Waals surface area (Å²) in [4.78, 5) is 0. The third-order valence-electron chi connectivity index (χ3n) is 2.02. The molecule has 0 radical (unpaired) electrons. The fourth-order valence-corrected chi connectivity index (χ4v) is 1.87. The van der Waals surface area contributed by atoms with Crippen molar-refractivity contribution in [3.8, 4) is 0 Å². The van der Waals surface area contributed by atoms with E-state index in [1.807, 2.05) is 5.38 Å². The van der Waals surface area contributed by atoms with Crippen molar-refractivity contribution in [3.05, 3.63) is 17.1 Å². The lowest BCUT2D eigenvalue weighted by atomic mass is 10.00. The van der Waals surface area contributed by atoms with Crippen molar-refractivity contribution in [1.29, 1.82) is 0 Å². The summed E-state index contributed by atoms with van der Waals surface area (Å²) < 4.78 is 14.4. The molecule has 72 valence electrons. The van der Waals surface area contributed by atoms with E-state index in [1.54, 1.807) is 6.20 Å². The number of nitrogens with zero attached hydrogens (tertiary/aromatic N) is 1. The van der Waals surface area contributed by atoms with Crippen molar-refractivity contribution in [2.75, 3.05) is 26.4 Å². The van der Waals surface area contributed by atoms with Gasteiger partial charge in [0, 0.05) is 17.1 Å². The third kappa shape index (κ3) is 1.88. The third-order valence-corrected chi connectivity index (χ3v) is 2.61. The molecule has 1 aromatic rings. The predicted octanol–water partition coefficient (Wildman–Crippen LogP) is 0.377. The van der Waals surface area contributed by atoms with Crippen LogP contribution in [0.1, 0.15) is 5.56 Å². The summed E-state index contributed by atoms with van der Waals surface area (Å²) >= 11 is 1.32. The van der Waals surface area contributed by atoms with Gasteiger partial charge in [0.05, 0.1) is 26.4 Å². The Morgan fingerprint density at radius 3 is 2.62 bits per heavy atom. The Morgan fingerprint density at radius 1 is 1.38 bits per heavy atom. The molecule has 2 rings (SSSR count). The van der Waals surface area contributed by atoms with E-state index < -0.39 is 5.60 Å². The average Bonchev–Trinajstić information content (AvgIpc) is 2.57. The second-order valence-corrected chi connectivity index (χ2v) is 3.71. The Labute approximate surface area is 80.3 Å². The van der Waals surface area contributed by atoms with Crippen LogP contribution in [0.2, 0.25) is 0 Å². The Hall–Kier alpha value is -0.490. The Morgan fingerprint density at radius 2 is 2.08 bits per heavy atom. The van der Waals surface area contributed by atoms with Gasteiger partial charge in [-0.1, -0.05) is 0 Å². The van der Waals surface area contributed by atoms with Gasteiger partial charge < -0.3 is 14.6 Å². The number of hydrogen-bond donors (Lipinski definition) is 1. The lowest BCUT2D eigenvalue weighted by Gasteiger charge is -2.23. The molecule has 4 nitrogen and oxygen atoms in total. The van der Waals surface area contributed by atoms with Crippen LogP contribution in [0.15, 0.2) is 11.6 Å². The van der Waals surface area contributed by atoms with Crippen LogP contribution in [-0.4, -0.2) is 35.9 Å². The van der Waals surface area contributed by atoms with Crippen LogP contribution in [0.4, 0.5) is 0 Å². The van der Waals surface area contributed by atoms with Gasteiger partial charge in [0.2, 0.25) is 0 Å². The fraction of sp³-hybridized carbons (Fsp3) is 0.625. The molecule has 0 saturated carbocycles. The molecule has 13 heavy (non-hydrogen) atoms. The first-order valence-electron chi connectivity index (χ1n) is 4.09. The van der Waals surface area contributed by atoms with Gasteiger partial charge in [-0.25, -0.2) is 4.37 Å². The van der Waals surface area contributed by atoms with Gasteiger partial charge >= 0.3 is 0 Å². The Balaban J connectivity index is 2.17. The molecule has 0 spiro atoms. The van der Waals surface area contributed by atoms with Gasteiger partial charge in [-0.3, -0.25) is 0 Å². The van der Waals surface area contributed by atoms with Crippen LogP contribution < -0.4 is 0 Å². The maximum Gasteiger partial charge on any atom is 0.138 e. The molecular formula is C8H11NO3S. The highest BCUT2D eigenvalue weighted by Crippen LogP contribution is 2.24. The minimum atomic E-state index is -1.01. The van der Waals surface area contributed by atoms with Crippen LogP contribution in [-0.2, 0) is 15.1 Å². The highest BCUT2D eigenvalue weighted by atomic mass is 32.1. The van der Waals surface area contributed by atoms with Crippen molar-refractivity contribution in [2.24, 2.45) is 0 Å². The standard InChI is InChI=1S/C8H11NO3S/c10-8(7-3-9-13-4-7)5-11-1-2-12-6-8/h3-4,10H,1-2,5-6H2. The SMILES string of the molecule is OC1(c2cnsc2)COCCOC1. The Kier molecular flexibility index (Phi) is 2.59. The maximum atomic E-state index is 10.1. The van der Waals surface area contributed by atoms with E-state index in [0.29, 0.717) is 13.2 Å². The molecular weight excluding hydrogens is 190 g/mol. The number of hydrogen-bond acceptors (Lipinski definition) is 5. The largest absolute Gasteiger partial charge is 0.380 e. The summed E-state index contributed by atoms with van der Waals surface area (Å²) in [6.07, 6.45) is 1.66. The summed E-state index contributed by atoms with van der Waals surface area (Å²) in [5, 5.41) is 11.9. The second-order valence-electron chi connectivity index (χ2n) is 3.05. The van der Waals surface area contributed by atoms with Gasteiger partial charge in [0.15, 0.2) is 0 Å². The topological polar surface area (TPSA) is 51.6 Å². The molecule has 1 N–H and O–H groups in total. The minimum absolute atomic E-state index is 0.283. The van der Waals surface area contributed by atoms with E-state index in [-0.39, 0.29) is 13.2 Å².